The van der Waals surface area contributed by atoms with Gasteiger partial charge in [0.25, 0.3) is 0 Å². The number of benzene rings is 2. The lowest BCUT2D eigenvalue weighted by Crippen LogP contribution is -2.44. The molecule has 0 radical (unpaired) electrons. The van der Waals surface area contributed by atoms with Crippen molar-refractivity contribution in [1.29, 1.82) is 0 Å². The highest BCUT2D eigenvalue weighted by Gasteiger charge is 2.29. The molecular weight excluding hydrogens is 514 g/mol. The van der Waals surface area contributed by atoms with Crippen LogP contribution in [0.5, 0.6) is 11.5 Å². The van der Waals surface area contributed by atoms with Crippen LogP contribution in [0.3, 0.4) is 0 Å². The molecule has 9 heteroatoms. The van der Waals surface area contributed by atoms with Crippen LogP contribution in [-0.2, 0) is 4.79 Å². The number of hydrogen-bond acceptors (Lipinski definition) is 7. The minimum absolute atomic E-state index is 0.00416. The topological polar surface area (TPSA) is 111 Å². The van der Waals surface area contributed by atoms with Gasteiger partial charge in [0.2, 0.25) is 5.91 Å². The molecule has 0 bridgehead atoms. The van der Waals surface area contributed by atoms with Gasteiger partial charge < -0.3 is 20.7 Å². The molecule has 0 saturated heterocycles. The van der Waals surface area contributed by atoms with Gasteiger partial charge in [-0.25, -0.2) is 14.6 Å². The first-order valence-electron chi connectivity index (χ1n) is 14.6. The third-order valence-corrected chi connectivity index (χ3v) is 7.73. The average Bonchev–Trinajstić information content (AvgIpc) is 3.35. The normalized spacial score (nSPS) is 18.1. The van der Waals surface area contributed by atoms with Crippen LogP contribution in [0.2, 0.25) is 0 Å². The lowest BCUT2D eigenvalue weighted by molar-refractivity contribution is -0.127. The van der Waals surface area contributed by atoms with Gasteiger partial charge in [0.05, 0.1) is 17.3 Å². The summed E-state index contributed by atoms with van der Waals surface area (Å²) in [5, 5.41) is 9.15. The summed E-state index contributed by atoms with van der Waals surface area (Å²) in [6.45, 7) is 5.11. The Morgan fingerprint density at radius 1 is 1.02 bits per heavy atom. The van der Waals surface area contributed by atoms with Gasteiger partial charge in [0, 0.05) is 18.2 Å². The molecule has 2 heterocycles. The van der Waals surface area contributed by atoms with E-state index in [1.807, 2.05) is 73.4 Å². The van der Waals surface area contributed by atoms with Crippen LogP contribution >= 0.6 is 0 Å². The Morgan fingerprint density at radius 2 is 1.71 bits per heavy atom. The summed E-state index contributed by atoms with van der Waals surface area (Å²) < 4.78 is 7.98. The lowest BCUT2D eigenvalue weighted by atomic mass is 9.90. The van der Waals surface area contributed by atoms with Crippen molar-refractivity contribution in [2.75, 3.05) is 26.4 Å². The summed E-state index contributed by atoms with van der Waals surface area (Å²) in [7, 11) is 4.05. The molecule has 3 N–H and O–H groups in total. The molecule has 2 aromatic heterocycles. The molecule has 0 aliphatic heterocycles. The third-order valence-electron chi connectivity index (χ3n) is 7.73. The predicted octanol–water partition coefficient (Wildman–Crippen LogP) is 5.69. The summed E-state index contributed by atoms with van der Waals surface area (Å²) in [5.74, 6) is 2.60. The Morgan fingerprint density at radius 3 is 2.37 bits per heavy atom. The maximum atomic E-state index is 13.1. The van der Waals surface area contributed by atoms with Gasteiger partial charge in [-0.1, -0.05) is 32.0 Å². The number of nitrogens with one attached hydrogen (secondary N) is 1. The molecule has 41 heavy (non-hydrogen) atoms. The van der Waals surface area contributed by atoms with Crippen molar-refractivity contribution in [2.45, 2.75) is 58.0 Å². The Hall–Kier alpha value is -3.98. The zero-order valence-electron chi connectivity index (χ0n) is 24.5. The molecule has 1 saturated carbocycles. The molecule has 9 nitrogen and oxygen atoms in total. The standard InChI is InChI=1S/C32H41N7O2/c1-21(2)18-23(19-38(3)4)32(40)36-24-12-14-25(15-13-24)39-31-28(30(33)34-20-35-31)29(37-39)22-10-16-27(17-11-22)41-26-8-6-5-7-9-26/h5-11,16-17,20-21,23-25H,12-15,18-19H2,1-4H3,(H,36,40)(H2,33,34,35)/t23-,24?,25?/m1/s1. The number of carbonyl (C=O) groups is 1. The molecule has 2 aromatic carbocycles. The first-order chi connectivity index (χ1) is 19.8. The number of hydrogen-bond donors (Lipinski definition) is 2. The maximum absolute atomic E-state index is 13.1. The molecule has 1 atom stereocenters. The highest BCUT2D eigenvalue weighted by Crippen LogP contribution is 2.36. The fourth-order valence-electron chi connectivity index (χ4n) is 5.82. The number of aromatic nitrogens is 4. The van der Waals surface area contributed by atoms with Crippen molar-refractivity contribution in [3.8, 4) is 22.8 Å². The van der Waals surface area contributed by atoms with Crippen LogP contribution < -0.4 is 15.8 Å². The van der Waals surface area contributed by atoms with Crippen molar-refractivity contribution < 1.29 is 9.53 Å². The fourth-order valence-corrected chi connectivity index (χ4v) is 5.82. The molecule has 5 rings (SSSR count). The monoisotopic (exact) mass is 555 g/mol. The summed E-state index contributed by atoms with van der Waals surface area (Å²) in [6, 6.07) is 17.9. The number of anilines is 1. The van der Waals surface area contributed by atoms with E-state index in [-0.39, 0.29) is 23.9 Å². The Labute approximate surface area is 242 Å². The Bertz CT molecular complexity index is 1430. The van der Waals surface area contributed by atoms with E-state index in [1.54, 1.807) is 0 Å². The number of amides is 1. The van der Waals surface area contributed by atoms with Crippen molar-refractivity contribution in [3.63, 3.8) is 0 Å². The van der Waals surface area contributed by atoms with E-state index < -0.39 is 0 Å². The minimum atomic E-state index is 0.00416. The zero-order chi connectivity index (χ0) is 28.9. The molecule has 1 fully saturated rings. The number of carbonyl (C=O) groups excluding carboxylic acids is 1. The smallest absolute Gasteiger partial charge is 0.224 e. The second-order valence-electron chi connectivity index (χ2n) is 11.8. The number of fused-ring (bicyclic) bond motifs is 1. The first kappa shape index (κ1) is 28.5. The second-order valence-corrected chi connectivity index (χ2v) is 11.8. The molecule has 1 aliphatic rings. The minimum Gasteiger partial charge on any atom is -0.457 e. The summed E-state index contributed by atoms with van der Waals surface area (Å²) in [4.78, 5) is 24.1. The van der Waals surface area contributed by atoms with Gasteiger partial charge >= 0.3 is 0 Å². The van der Waals surface area contributed by atoms with Gasteiger partial charge in [-0.3, -0.25) is 4.79 Å². The van der Waals surface area contributed by atoms with E-state index in [0.29, 0.717) is 11.7 Å². The van der Waals surface area contributed by atoms with Gasteiger partial charge in [0.1, 0.15) is 29.3 Å². The summed E-state index contributed by atoms with van der Waals surface area (Å²) >= 11 is 0. The third kappa shape index (κ3) is 6.85. The quantitative estimate of drug-likeness (QED) is 0.259. The molecule has 0 spiro atoms. The van der Waals surface area contributed by atoms with Gasteiger partial charge in [-0.05, 0) is 88.5 Å². The van der Waals surface area contributed by atoms with Gasteiger partial charge in [-0.15, -0.1) is 0 Å². The van der Waals surface area contributed by atoms with Gasteiger partial charge in [0.15, 0.2) is 5.65 Å². The Kier molecular flexibility index (Phi) is 8.83. The van der Waals surface area contributed by atoms with Crippen LogP contribution in [0.1, 0.15) is 52.0 Å². The molecular formula is C32H41N7O2. The van der Waals surface area contributed by atoms with E-state index in [2.05, 4.69) is 34.0 Å². The van der Waals surface area contributed by atoms with E-state index in [0.717, 1.165) is 72.4 Å². The Balaban J connectivity index is 1.30. The van der Waals surface area contributed by atoms with Crippen molar-refractivity contribution >= 4 is 22.8 Å². The van der Waals surface area contributed by atoms with E-state index in [1.165, 1.54) is 6.33 Å². The predicted molar refractivity (Wildman–Crippen MR) is 163 cm³/mol. The number of para-hydroxylation sites is 1. The zero-order valence-corrected chi connectivity index (χ0v) is 24.5. The van der Waals surface area contributed by atoms with Crippen molar-refractivity contribution in [3.05, 3.63) is 60.9 Å². The fraction of sp³-hybridized carbons (Fsp3) is 0.438. The largest absolute Gasteiger partial charge is 0.457 e. The SMILES string of the molecule is CC(C)C[C@H](CN(C)C)C(=O)NC1CCC(n2nc(-c3ccc(Oc4ccccc4)cc3)c3c(N)ncnc32)CC1. The van der Waals surface area contributed by atoms with E-state index >= 15 is 0 Å². The van der Waals surface area contributed by atoms with Crippen molar-refractivity contribution in [1.82, 2.24) is 30.0 Å². The van der Waals surface area contributed by atoms with Crippen LogP contribution in [0.25, 0.3) is 22.3 Å². The summed E-state index contributed by atoms with van der Waals surface area (Å²) in [5.41, 5.74) is 8.79. The van der Waals surface area contributed by atoms with Gasteiger partial charge in [-0.2, -0.15) is 5.10 Å². The molecule has 0 unspecified atom stereocenters. The number of nitrogens with zero attached hydrogens (tertiary/aromatic N) is 5. The molecule has 4 aromatic rings. The number of nitrogen functional groups attached to an aromatic ring is 1. The number of rotatable bonds is 10. The van der Waals surface area contributed by atoms with Crippen LogP contribution in [0.4, 0.5) is 5.82 Å². The highest BCUT2D eigenvalue weighted by molar-refractivity contribution is 5.98. The highest BCUT2D eigenvalue weighted by atomic mass is 16.5. The van der Waals surface area contributed by atoms with Crippen LogP contribution in [0.15, 0.2) is 60.9 Å². The second kappa shape index (κ2) is 12.7. The lowest BCUT2D eigenvalue weighted by Gasteiger charge is -2.31. The molecule has 1 aliphatic carbocycles. The van der Waals surface area contributed by atoms with Crippen LogP contribution in [-0.4, -0.2) is 57.2 Å². The maximum Gasteiger partial charge on any atom is 0.224 e. The molecule has 1 amide bonds. The van der Waals surface area contributed by atoms with E-state index in [9.17, 15) is 4.79 Å². The average molecular weight is 556 g/mol. The van der Waals surface area contributed by atoms with Crippen molar-refractivity contribution in [2.24, 2.45) is 11.8 Å². The number of ether oxygens (including phenoxy) is 1. The van der Waals surface area contributed by atoms with Crippen LogP contribution in [0, 0.1) is 11.8 Å². The first-order valence-corrected chi connectivity index (χ1v) is 14.6. The molecule has 216 valence electrons. The summed E-state index contributed by atoms with van der Waals surface area (Å²) in [6.07, 6.45) is 5.99. The number of nitrogens with two attached hydrogens (primary N) is 1. The van der Waals surface area contributed by atoms with E-state index in [4.69, 9.17) is 15.6 Å².